The van der Waals surface area contributed by atoms with Crippen molar-refractivity contribution >= 4 is 11.6 Å². The summed E-state index contributed by atoms with van der Waals surface area (Å²) in [7, 11) is 0. The molecule has 0 saturated carbocycles. The Bertz CT molecular complexity index is 946. The average Bonchev–Trinajstić information content (AvgIpc) is 3.36. The molecule has 1 amide bonds. The lowest BCUT2D eigenvalue weighted by atomic mass is 10.1. The summed E-state index contributed by atoms with van der Waals surface area (Å²) in [5.41, 5.74) is 3.42. The van der Waals surface area contributed by atoms with Gasteiger partial charge in [0, 0.05) is 57.7 Å². The molecule has 1 saturated heterocycles. The third-order valence-electron chi connectivity index (χ3n) is 5.92. The number of aliphatic hydroxyl groups is 1. The van der Waals surface area contributed by atoms with Gasteiger partial charge in [0.25, 0.3) is 5.91 Å². The maximum Gasteiger partial charge on any atom is 0.401 e. The normalized spacial score (nSPS) is 19.9. The van der Waals surface area contributed by atoms with Crippen molar-refractivity contribution in [1.29, 1.82) is 0 Å². The first-order chi connectivity index (χ1) is 15.7. The van der Waals surface area contributed by atoms with Crippen LogP contribution in [-0.2, 0) is 13.1 Å². The molecule has 4 rings (SSSR count). The average molecular weight is 464 g/mol. The molecule has 1 aromatic carbocycles. The highest BCUT2D eigenvalue weighted by atomic mass is 19.4. The summed E-state index contributed by atoms with van der Waals surface area (Å²) in [5, 5.41) is 16.3. The van der Waals surface area contributed by atoms with Crippen LogP contribution >= 0.6 is 0 Å². The fraction of sp³-hybridized carbons (Fsp3) is 0.478. The standard InChI is InChI=1S/C23H28F3N5O2/c24-23(25,26)15-30-6-5-19(13-30)29-20-7-18(8-27-9-20)22(33)28-10-21(32)14-31-11-16-3-1-2-4-17(16)12-31/h1-4,7-9,19,21,29,32H,5-6,10-15H2,(H,28,33)/t19?,21-/m0/s1. The topological polar surface area (TPSA) is 80.7 Å². The molecule has 33 heavy (non-hydrogen) atoms. The molecule has 2 atom stereocenters. The third-order valence-corrected chi connectivity index (χ3v) is 5.92. The van der Waals surface area contributed by atoms with Gasteiger partial charge in [0.15, 0.2) is 0 Å². The van der Waals surface area contributed by atoms with Gasteiger partial charge in [0.1, 0.15) is 0 Å². The van der Waals surface area contributed by atoms with Gasteiger partial charge in [-0.3, -0.25) is 19.6 Å². The van der Waals surface area contributed by atoms with E-state index in [1.807, 2.05) is 12.1 Å². The second kappa shape index (κ2) is 10.1. The Labute approximate surface area is 190 Å². The number of rotatable bonds is 8. The van der Waals surface area contributed by atoms with E-state index < -0.39 is 18.8 Å². The van der Waals surface area contributed by atoms with Crippen molar-refractivity contribution in [3.05, 3.63) is 59.4 Å². The van der Waals surface area contributed by atoms with Crippen LogP contribution < -0.4 is 10.6 Å². The van der Waals surface area contributed by atoms with Crippen molar-refractivity contribution in [3.8, 4) is 0 Å². The van der Waals surface area contributed by atoms with Gasteiger partial charge >= 0.3 is 6.18 Å². The van der Waals surface area contributed by atoms with Crippen LogP contribution in [0.1, 0.15) is 27.9 Å². The quantitative estimate of drug-likeness (QED) is 0.557. The summed E-state index contributed by atoms with van der Waals surface area (Å²) in [6.45, 7) is 1.84. The highest BCUT2D eigenvalue weighted by Gasteiger charge is 2.34. The first-order valence-corrected chi connectivity index (χ1v) is 11.0. The summed E-state index contributed by atoms with van der Waals surface area (Å²) in [6.07, 6.45) is -1.37. The molecule has 2 aliphatic heterocycles. The van der Waals surface area contributed by atoms with Crippen molar-refractivity contribution in [2.75, 3.05) is 38.0 Å². The maximum atomic E-state index is 12.6. The lowest BCUT2D eigenvalue weighted by molar-refractivity contribution is -0.143. The van der Waals surface area contributed by atoms with E-state index in [-0.39, 0.29) is 25.0 Å². The number of nitrogens with one attached hydrogen (secondary N) is 2. The molecular formula is C23H28F3N5O2. The van der Waals surface area contributed by atoms with Crippen LogP contribution in [0, 0.1) is 0 Å². The lowest BCUT2D eigenvalue weighted by Gasteiger charge is -2.20. The number of aliphatic hydroxyl groups excluding tert-OH is 1. The Balaban J connectivity index is 1.23. The predicted molar refractivity (Wildman–Crippen MR) is 118 cm³/mol. The van der Waals surface area contributed by atoms with Crippen molar-refractivity contribution in [2.45, 2.75) is 37.8 Å². The van der Waals surface area contributed by atoms with Gasteiger partial charge in [0.2, 0.25) is 0 Å². The fourth-order valence-corrected chi connectivity index (χ4v) is 4.43. The van der Waals surface area contributed by atoms with E-state index in [2.05, 4.69) is 32.7 Å². The van der Waals surface area contributed by atoms with Gasteiger partial charge < -0.3 is 15.7 Å². The van der Waals surface area contributed by atoms with Crippen molar-refractivity contribution in [1.82, 2.24) is 20.1 Å². The van der Waals surface area contributed by atoms with Crippen LogP contribution in [0.2, 0.25) is 0 Å². The summed E-state index contributed by atoms with van der Waals surface area (Å²) in [4.78, 5) is 20.1. The molecule has 1 unspecified atom stereocenters. The maximum absolute atomic E-state index is 12.6. The van der Waals surface area contributed by atoms with Crippen molar-refractivity contribution in [2.24, 2.45) is 0 Å². The van der Waals surface area contributed by atoms with Gasteiger partial charge in [0.05, 0.1) is 23.9 Å². The van der Waals surface area contributed by atoms with Crippen molar-refractivity contribution in [3.63, 3.8) is 0 Å². The molecule has 0 aliphatic carbocycles. The first-order valence-electron chi connectivity index (χ1n) is 11.0. The molecule has 1 aromatic heterocycles. The number of aromatic nitrogens is 1. The van der Waals surface area contributed by atoms with E-state index >= 15 is 0 Å². The zero-order valence-electron chi connectivity index (χ0n) is 18.2. The molecule has 10 heteroatoms. The van der Waals surface area contributed by atoms with E-state index in [4.69, 9.17) is 0 Å². The number of amides is 1. The lowest BCUT2D eigenvalue weighted by Crippen LogP contribution is -2.38. The molecule has 7 nitrogen and oxygen atoms in total. The molecule has 178 valence electrons. The minimum atomic E-state index is -4.21. The number of pyridine rings is 1. The minimum absolute atomic E-state index is 0.109. The Morgan fingerprint density at radius 2 is 1.91 bits per heavy atom. The number of β-amino-alcohol motifs (C(OH)–C–C–N with tert-alkyl or cyclic N) is 1. The number of hydrogen-bond donors (Lipinski definition) is 3. The number of benzene rings is 1. The fourth-order valence-electron chi connectivity index (χ4n) is 4.43. The predicted octanol–water partition coefficient (Wildman–Crippen LogP) is 2.24. The van der Waals surface area contributed by atoms with Gasteiger partial charge in [-0.15, -0.1) is 0 Å². The molecule has 2 aromatic rings. The minimum Gasteiger partial charge on any atom is -0.390 e. The number of carbonyl (C=O) groups excluding carboxylic acids is 1. The van der Waals surface area contributed by atoms with E-state index in [0.29, 0.717) is 30.8 Å². The summed E-state index contributed by atoms with van der Waals surface area (Å²) in [6, 6.07) is 9.65. The van der Waals surface area contributed by atoms with Crippen LogP contribution in [-0.4, -0.2) is 76.8 Å². The molecule has 0 spiro atoms. The Morgan fingerprint density at radius 1 is 1.18 bits per heavy atom. The summed E-state index contributed by atoms with van der Waals surface area (Å²) >= 11 is 0. The van der Waals surface area contributed by atoms with Crippen LogP contribution in [0.25, 0.3) is 0 Å². The summed E-state index contributed by atoms with van der Waals surface area (Å²) in [5.74, 6) is -0.361. The molecule has 3 heterocycles. The van der Waals surface area contributed by atoms with Gasteiger partial charge in [-0.1, -0.05) is 24.3 Å². The van der Waals surface area contributed by atoms with Crippen LogP contribution in [0.4, 0.5) is 18.9 Å². The third kappa shape index (κ3) is 6.66. The number of likely N-dealkylation sites (tertiary alicyclic amines) is 1. The zero-order valence-corrected chi connectivity index (χ0v) is 18.2. The first kappa shape index (κ1) is 23.5. The zero-order chi connectivity index (χ0) is 23.4. The van der Waals surface area contributed by atoms with Crippen LogP contribution in [0.5, 0.6) is 0 Å². The number of halogens is 3. The number of nitrogens with zero attached hydrogens (tertiary/aromatic N) is 3. The Morgan fingerprint density at radius 3 is 2.61 bits per heavy atom. The number of alkyl halides is 3. The van der Waals surface area contributed by atoms with Gasteiger partial charge in [-0.25, -0.2) is 0 Å². The highest BCUT2D eigenvalue weighted by molar-refractivity contribution is 5.94. The SMILES string of the molecule is O=C(NC[C@H](O)CN1Cc2ccccc2C1)c1cncc(NC2CCN(CC(F)(F)F)C2)c1. The second-order valence-electron chi connectivity index (χ2n) is 8.74. The summed E-state index contributed by atoms with van der Waals surface area (Å²) < 4.78 is 37.7. The Kier molecular flexibility index (Phi) is 7.16. The Hall–Kier alpha value is -2.69. The van der Waals surface area contributed by atoms with E-state index in [0.717, 1.165) is 13.1 Å². The molecular weight excluding hydrogens is 435 g/mol. The highest BCUT2D eigenvalue weighted by Crippen LogP contribution is 2.23. The van der Waals surface area contributed by atoms with Crippen LogP contribution in [0.3, 0.4) is 0 Å². The molecule has 0 radical (unpaired) electrons. The molecule has 2 aliphatic rings. The number of hydrogen-bond acceptors (Lipinski definition) is 6. The largest absolute Gasteiger partial charge is 0.401 e. The van der Waals surface area contributed by atoms with Crippen molar-refractivity contribution < 1.29 is 23.1 Å². The van der Waals surface area contributed by atoms with E-state index in [9.17, 15) is 23.1 Å². The monoisotopic (exact) mass is 463 g/mol. The molecule has 1 fully saturated rings. The number of fused-ring (bicyclic) bond motifs is 1. The number of anilines is 1. The second-order valence-corrected chi connectivity index (χ2v) is 8.74. The molecule has 0 bridgehead atoms. The van der Waals surface area contributed by atoms with E-state index in [1.54, 1.807) is 12.3 Å². The molecule has 3 N–H and O–H groups in total. The number of carbonyl (C=O) groups is 1. The van der Waals surface area contributed by atoms with Gasteiger partial charge in [-0.2, -0.15) is 13.2 Å². The van der Waals surface area contributed by atoms with Gasteiger partial charge in [-0.05, 0) is 23.6 Å². The smallest absolute Gasteiger partial charge is 0.390 e. The van der Waals surface area contributed by atoms with E-state index in [1.165, 1.54) is 22.2 Å². The van der Waals surface area contributed by atoms with Crippen LogP contribution in [0.15, 0.2) is 42.7 Å².